The van der Waals surface area contributed by atoms with Crippen molar-refractivity contribution >= 4 is 0 Å². The normalized spacial score (nSPS) is 17.2. The van der Waals surface area contributed by atoms with E-state index in [2.05, 4.69) is 14.0 Å². The maximum absolute atomic E-state index is 2.47. The molecule has 0 N–H and O–H groups in total. The van der Waals surface area contributed by atoms with Crippen LogP contribution < -0.4 is 0 Å². The first-order valence-corrected chi connectivity index (χ1v) is 10.6. The van der Waals surface area contributed by atoms with Gasteiger partial charge in [0.25, 0.3) is 0 Å². The van der Waals surface area contributed by atoms with Crippen LogP contribution in [0.25, 0.3) is 0 Å². The van der Waals surface area contributed by atoms with E-state index in [1.165, 1.54) is 127 Å². The van der Waals surface area contributed by atoms with E-state index in [0.29, 0.717) is 0 Å². The van der Waals surface area contributed by atoms with Gasteiger partial charge in [-0.15, -0.1) is 0 Å². The molecule has 1 saturated heterocycles. The molecule has 1 heterocycles. The summed E-state index contributed by atoms with van der Waals surface area (Å²) in [7, 11) is 2.47. The summed E-state index contributed by atoms with van der Waals surface area (Å²) < 4.78 is 1.37. The lowest BCUT2D eigenvalue weighted by molar-refractivity contribution is -0.897. The molecule has 0 atom stereocenters. The smallest absolute Gasteiger partial charge is 0.0786 e. The number of likely N-dealkylation sites (tertiary alicyclic amines) is 1. The van der Waals surface area contributed by atoms with Crippen molar-refractivity contribution in [3.8, 4) is 0 Å². The molecule has 0 saturated carbocycles. The molecule has 0 amide bonds. The highest BCUT2D eigenvalue weighted by Gasteiger charge is 2.25. The monoisotopic (exact) mass is 310 g/mol. The fourth-order valence-corrected chi connectivity index (χ4v) is 4.01. The molecule has 0 aromatic carbocycles. The lowest BCUT2D eigenvalue weighted by Gasteiger charge is -2.29. The Balaban J connectivity index is 1.71. The molecule has 0 unspecified atom stereocenters. The highest BCUT2D eigenvalue weighted by Crippen LogP contribution is 2.18. The minimum absolute atomic E-state index is 1.37. The van der Waals surface area contributed by atoms with Crippen molar-refractivity contribution in [2.24, 2.45) is 0 Å². The van der Waals surface area contributed by atoms with Gasteiger partial charge in [-0.05, 0) is 12.8 Å². The van der Waals surface area contributed by atoms with Crippen LogP contribution in [-0.2, 0) is 0 Å². The molecule has 22 heavy (non-hydrogen) atoms. The fraction of sp³-hybridized carbons (Fsp3) is 1.00. The van der Waals surface area contributed by atoms with Gasteiger partial charge in [0.1, 0.15) is 0 Å². The number of hydrogen-bond donors (Lipinski definition) is 0. The van der Waals surface area contributed by atoms with E-state index in [9.17, 15) is 0 Å². The third kappa shape index (κ3) is 10.6. The Hall–Kier alpha value is -0.0400. The quantitative estimate of drug-likeness (QED) is 0.233. The van der Waals surface area contributed by atoms with Crippen LogP contribution in [0.2, 0.25) is 0 Å². The Morgan fingerprint density at radius 2 is 0.909 bits per heavy atom. The predicted octanol–water partition coefficient (Wildman–Crippen LogP) is 6.71. The van der Waals surface area contributed by atoms with Crippen molar-refractivity contribution < 1.29 is 4.48 Å². The zero-order valence-electron chi connectivity index (χ0n) is 15.9. The van der Waals surface area contributed by atoms with Gasteiger partial charge in [-0.3, -0.25) is 0 Å². The van der Waals surface area contributed by atoms with E-state index in [4.69, 9.17) is 0 Å². The van der Waals surface area contributed by atoms with Crippen LogP contribution in [0.3, 0.4) is 0 Å². The second kappa shape index (κ2) is 13.4. The molecule has 0 spiro atoms. The summed E-state index contributed by atoms with van der Waals surface area (Å²) in [6, 6.07) is 0. The van der Waals surface area contributed by atoms with Crippen molar-refractivity contribution in [1.82, 2.24) is 0 Å². The van der Waals surface area contributed by atoms with Gasteiger partial charge in [0.15, 0.2) is 0 Å². The average molecular weight is 311 g/mol. The Kier molecular flexibility index (Phi) is 12.2. The first-order chi connectivity index (χ1) is 10.8. The van der Waals surface area contributed by atoms with E-state index in [-0.39, 0.29) is 0 Å². The first kappa shape index (κ1) is 20.0. The topological polar surface area (TPSA) is 0 Å². The van der Waals surface area contributed by atoms with Gasteiger partial charge in [-0.2, -0.15) is 0 Å². The zero-order chi connectivity index (χ0) is 15.9. The van der Waals surface area contributed by atoms with Gasteiger partial charge in [-0.1, -0.05) is 84.0 Å². The summed E-state index contributed by atoms with van der Waals surface area (Å²) in [5.74, 6) is 0. The second-order valence-corrected chi connectivity index (χ2v) is 8.09. The van der Waals surface area contributed by atoms with Crippen LogP contribution in [0.15, 0.2) is 0 Å². The van der Waals surface area contributed by atoms with Crippen LogP contribution in [0.5, 0.6) is 0 Å². The number of quaternary nitrogens is 1. The van der Waals surface area contributed by atoms with Gasteiger partial charge in [0.2, 0.25) is 0 Å². The first-order valence-electron chi connectivity index (χ1n) is 10.6. The summed E-state index contributed by atoms with van der Waals surface area (Å²) in [6.45, 7) is 6.63. The fourth-order valence-electron chi connectivity index (χ4n) is 4.01. The minimum Gasteiger partial charge on any atom is -0.326 e. The molecule has 0 aromatic rings. The van der Waals surface area contributed by atoms with E-state index >= 15 is 0 Å². The van der Waals surface area contributed by atoms with Gasteiger partial charge in [0, 0.05) is 12.8 Å². The molecular weight excluding hydrogens is 266 g/mol. The van der Waals surface area contributed by atoms with E-state index in [1.807, 2.05) is 0 Å². The summed E-state index contributed by atoms with van der Waals surface area (Å²) >= 11 is 0. The maximum atomic E-state index is 2.47. The summed E-state index contributed by atoms with van der Waals surface area (Å²) in [5.41, 5.74) is 0. The third-order valence-electron chi connectivity index (χ3n) is 5.70. The molecule has 1 nitrogen and oxygen atoms in total. The van der Waals surface area contributed by atoms with Crippen molar-refractivity contribution in [3.63, 3.8) is 0 Å². The summed E-state index contributed by atoms with van der Waals surface area (Å²) in [4.78, 5) is 0. The summed E-state index contributed by atoms with van der Waals surface area (Å²) in [5, 5.41) is 0. The molecule has 1 heteroatoms. The highest BCUT2D eigenvalue weighted by atomic mass is 15.3. The van der Waals surface area contributed by atoms with Crippen molar-refractivity contribution in [2.45, 2.75) is 110 Å². The van der Waals surface area contributed by atoms with Gasteiger partial charge in [0.05, 0.1) is 26.7 Å². The Bertz CT molecular complexity index is 230. The molecule has 1 aliphatic rings. The molecule has 0 aromatic heterocycles. The van der Waals surface area contributed by atoms with Crippen LogP contribution in [0.4, 0.5) is 0 Å². The summed E-state index contributed by atoms with van der Waals surface area (Å²) in [6.07, 6.45) is 23.5. The molecule has 0 aliphatic carbocycles. The minimum atomic E-state index is 1.37. The lowest BCUT2D eigenvalue weighted by Crippen LogP contribution is -2.41. The SMILES string of the molecule is CCCCCCCCCCCCCCCC[N+]1(C)CCCC1. The molecule has 132 valence electrons. The Morgan fingerprint density at radius 3 is 1.32 bits per heavy atom. The molecular formula is C21H44N+. The van der Waals surface area contributed by atoms with Crippen LogP contribution >= 0.6 is 0 Å². The number of unbranched alkanes of at least 4 members (excludes halogenated alkanes) is 13. The second-order valence-electron chi connectivity index (χ2n) is 8.09. The van der Waals surface area contributed by atoms with Gasteiger partial charge in [-0.25, -0.2) is 0 Å². The highest BCUT2D eigenvalue weighted by molar-refractivity contribution is 4.53. The van der Waals surface area contributed by atoms with Gasteiger partial charge >= 0.3 is 0 Å². The van der Waals surface area contributed by atoms with E-state index in [0.717, 1.165) is 0 Å². The van der Waals surface area contributed by atoms with Crippen molar-refractivity contribution in [1.29, 1.82) is 0 Å². The van der Waals surface area contributed by atoms with Crippen molar-refractivity contribution in [3.05, 3.63) is 0 Å². The number of hydrogen-bond acceptors (Lipinski definition) is 0. The van der Waals surface area contributed by atoms with Gasteiger partial charge < -0.3 is 4.48 Å². The largest absolute Gasteiger partial charge is 0.326 e. The molecule has 1 aliphatic heterocycles. The predicted molar refractivity (Wildman–Crippen MR) is 100 cm³/mol. The van der Waals surface area contributed by atoms with Crippen LogP contribution in [-0.4, -0.2) is 31.2 Å². The number of rotatable bonds is 15. The van der Waals surface area contributed by atoms with Crippen molar-refractivity contribution in [2.75, 3.05) is 26.7 Å². The Morgan fingerprint density at radius 1 is 0.545 bits per heavy atom. The van der Waals surface area contributed by atoms with Crippen LogP contribution in [0, 0.1) is 0 Å². The average Bonchev–Trinajstić information content (AvgIpc) is 2.94. The maximum Gasteiger partial charge on any atom is 0.0786 e. The molecule has 0 radical (unpaired) electrons. The van der Waals surface area contributed by atoms with E-state index in [1.54, 1.807) is 0 Å². The van der Waals surface area contributed by atoms with E-state index < -0.39 is 0 Å². The zero-order valence-corrected chi connectivity index (χ0v) is 15.9. The molecule has 0 bridgehead atoms. The molecule has 1 rings (SSSR count). The molecule has 1 fully saturated rings. The third-order valence-corrected chi connectivity index (χ3v) is 5.70. The van der Waals surface area contributed by atoms with Crippen LogP contribution in [0.1, 0.15) is 110 Å². The Labute approximate surface area is 141 Å². The standard InChI is InChI=1S/C21H44N/c1-3-4-5-6-7-8-9-10-11-12-13-14-15-16-19-22(2)20-17-18-21-22/h3-21H2,1-2H3/q+1. The lowest BCUT2D eigenvalue weighted by atomic mass is 10.0. The number of nitrogens with zero attached hydrogens (tertiary/aromatic N) is 1.